The van der Waals surface area contributed by atoms with E-state index >= 15 is 0 Å². The molecule has 3 atom stereocenters. The highest BCUT2D eigenvalue weighted by molar-refractivity contribution is 7.98. The summed E-state index contributed by atoms with van der Waals surface area (Å²) >= 11 is 1.56. The fourth-order valence-electron chi connectivity index (χ4n) is 5.34. The maximum Gasteiger partial charge on any atom is 0.318 e. The summed E-state index contributed by atoms with van der Waals surface area (Å²) in [6.07, 6.45) is 0.530. The Kier molecular flexibility index (Phi) is 8.29. The zero-order valence-electron chi connectivity index (χ0n) is 21.2. The van der Waals surface area contributed by atoms with E-state index in [0.29, 0.717) is 56.3 Å². The monoisotopic (exact) mass is 536 g/mol. The lowest BCUT2D eigenvalue weighted by Crippen LogP contribution is -2.57. The van der Waals surface area contributed by atoms with Gasteiger partial charge in [0, 0.05) is 36.7 Å². The van der Waals surface area contributed by atoms with Gasteiger partial charge < -0.3 is 24.8 Å². The van der Waals surface area contributed by atoms with Gasteiger partial charge in [-0.2, -0.15) is 11.8 Å². The number of urea groups is 1. The minimum atomic E-state index is -0.788. The maximum atomic E-state index is 13.8. The second-order valence-electron chi connectivity index (χ2n) is 9.70. The predicted molar refractivity (Wildman–Crippen MR) is 144 cm³/mol. The van der Waals surface area contributed by atoms with Gasteiger partial charge in [-0.15, -0.1) is 0 Å². The normalized spacial score (nSPS) is 21.8. The number of carbonyl (C=O) groups is 4. The van der Waals surface area contributed by atoms with E-state index in [0.717, 1.165) is 5.56 Å². The summed E-state index contributed by atoms with van der Waals surface area (Å²) in [5.41, 5.74) is 1.66. The van der Waals surface area contributed by atoms with Crippen LogP contribution in [-0.2, 0) is 20.1 Å². The molecule has 10 heteroatoms. The van der Waals surface area contributed by atoms with E-state index in [1.165, 1.54) is 0 Å². The number of rotatable bonds is 7. The lowest BCUT2D eigenvalue weighted by Gasteiger charge is -2.31. The molecule has 5 rings (SSSR count). The number of morpholine rings is 1. The van der Waals surface area contributed by atoms with Gasteiger partial charge in [0.2, 0.25) is 5.91 Å². The van der Waals surface area contributed by atoms with Gasteiger partial charge in [-0.25, -0.2) is 4.79 Å². The fraction of sp³-hybridized carbons (Fsp3) is 0.429. The van der Waals surface area contributed by atoms with Gasteiger partial charge in [0.1, 0.15) is 12.1 Å². The average Bonchev–Trinajstić information content (AvgIpc) is 3.54. The number of nitrogens with zero attached hydrogens (tertiary/aromatic N) is 3. The van der Waals surface area contributed by atoms with Crippen molar-refractivity contribution in [3.05, 3.63) is 71.8 Å². The maximum absolute atomic E-state index is 13.8. The number of ketones is 1. The Morgan fingerprint density at radius 3 is 2.34 bits per heavy atom. The molecule has 3 heterocycles. The third-order valence-electron chi connectivity index (χ3n) is 7.28. The molecule has 2 aromatic carbocycles. The van der Waals surface area contributed by atoms with Gasteiger partial charge in [-0.05, 0) is 24.1 Å². The van der Waals surface area contributed by atoms with Crippen molar-refractivity contribution in [2.75, 3.05) is 45.1 Å². The minimum Gasteiger partial charge on any atom is -0.378 e. The van der Waals surface area contributed by atoms with Crippen molar-refractivity contribution in [2.45, 2.75) is 30.3 Å². The van der Waals surface area contributed by atoms with Crippen molar-refractivity contribution >= 4 is 35.4 Å². The zero-order valence-corrected chi connectivity index (χ0v) is 22.0. The van der Waals surface area contributed by atoms with Gasteiger partial charge in [0.15, 0.2) is 5.78 Å². The average molecular weight is 537 g/mol. The first kappa shape index (κ1) is 26.2. The van der Waals surface area contributed by atoms with E-state index in [-0.39, 0.29) is 36.2 Å². The summed E-state index contributed by atoms with van der Waals surface area (Å²) in [6, 6.07) is 16.7. The highest BCUT2D eigenvalue weighted by atomic mass is 32.2. The largest absolute Gasteiger partial charge is 0.378 e. The van der Waals surface area contributed by atoms with E-state index in [9.17, 15) is 19.2 Å². The van der Waals surface area contributed by atoms with E-state index in [2.05, 4.69) is 5.32 Å². The highest BCUT2D eigenvalue weighted by Crippen LogP contribution is 2.31. The van der Waals surface area contributed by atoms with Crippen LogP contribution in [0.5, 0.6) is 0 Å². The standard InChI is InChI=1S/C28H32N4O5S/c33-24-17-32(26(34)21-9-5-2-6-10-21)23-11-12-31(25(23)24)27(35)22(19-38-18-20-7-3-1-4-8-20)29-28(36)30-13-15-37-16-14-30/h1-10,22-23,25H,11-19H2,(H,29,36)/t22-,23+,25?/m0/s1. The van der Waals surface area contributed by atoms with Gasteiger partial charge in [0.25, 0.3) is 5.91 Å². The molecule has 3 fully saturated rings. The molecule has 1 unspecified atom stereocenters. The summed E-state index contributed by atoms with van der Waals surface area (Å²) in [7, 11) is 0. The number of hydrogen-bond acceptors (Lipinski definition) is 6. The number of benzene rings is 2. The first-order chi connectivity index (χ1) is 18.5. The van der Waals surface area contributed by atoms with Crippen LogP contribution in [0.25, 0.3) is 0 Å². The van der Waals surface area contributed by atoms with Crippen LogP contribution in [0.1, 0.15) is 22.3 Å². The molecule has 0 aromatic heterocycles. The zero-order chi connectivity index (χ0) is 26.5. The number of nitrogens with one attached hydrogen (secondary N) is 1. The minimum absolute atomic E-state index is 0.0135. The van der Waals surface area contributed by atoms with Crippen LogP contribution < -0.4 is 5.32 Å². The lowest BCUT2D eigenvalue weighted by molar-refractivity contribution is -0.137. The highest BCUT2D eigenvalue weighted by Gasteiger charge is 2.52. The van der Waals surface area contributed by atoms with E-state index in [1.54, 1.807) is 50.7 Å². The Morgan fingerprint density at radius 2 is 1.63 bits per heavy atom. The van der Waals surface area contributed by atoms with Crippen LogP contribution in [0.2, 0.25) is 0 Å². The summed E-state index contributed by atoms with van der Waals surface area (Å²) < 4.78 is 5.35. The Bertz CT molecular complexity index is 1160. The topological polar surface area (TPSA) is 99.3 Å². The molecule has 38 heavy (non-hydrogen) atoms. The van der Waals surface area contributed by atoms with E-state index in [4.69, 9.17) is 4.74 Å². The molecular formula is C28H32N4O5S. The molecule has 0 saturated carbocycles. The molecule has 3 aliphatic rings. The second kappa shape index (κ2) is 12.0. The molecule has 9 nitrogen and oxygen atoms in total. The van der Waals surface area contributed by atoms with Crippen LogP contribution in [0, 0.1) is 0 Å². The molecule has 1 N–H and O–H groups in total. The molecule has 0 spiro atoms. The molecule has 2 aromatic rings. The third-order valence-corrected chi connectivity index (χ3v) is 8.38. The molecule has 200 valence electrons. The molecular weight excluding hydrogens is 504 g/mol. The van der Waals surface area contributed by atoms with Crippen LogP contribution in [0.15, 0.2) is 60.7 Å². The predicted octanol–water partition coefficient (Wildman–Crippen LogP) is 2.02. The molecule has 3 aliphatic heterocycles. The van der Waals surface area contributed by atoms with Gasteiger partial charge in [0.05, 0.1) is 25.8 Å². The van der Waals surface area contributed by atoms with Gasteiger partial charge in [-0.1, -0.05) is 48.5 Å². The molecule has 0 radical (unpaired) electrons. The number of hydrogen-bond donors (Lipinski definition) is 1. The smallest absolute Gasteiger partial charge is 0.318 e. The van der Waals surface area contributed by atoms with Crippen molar-refractivity contribution in [2.24, 2.45) is 0 Å². The van der Waals surface area contributed by atoms with Crippen molar-refractivity contribution in [1.82, 2.24) is 20.0 Å². The van der Waals surface area contributed by atoms with Crippen molar-refractivity contribution in [3.63, 3.8) is 0 Å². The molecule has 0 aliphatic carbocycles. The first-order valence-corrected chi connectivity index (χ1v) is 14.1. The summed E-state index contributed by atoms with van der Waals surface area (Å²) in [5.74, 6) is 0.458. The van der Waals surface area contributed by atoms with Crippen LogP contribution in [0.4, 0.5) is 4.79 Å². The molecule has 3 saturated heterocycles. The van der Waals surface area contributed by atoms with Crippen molar-refractivity contribution in [3.8, 4) is 0 Å². The Morgan fingerprint density at radius 1 is 0.947 bits per heavy atom. The summed E-state index contributed by atoms with van der Waals surface area (Å²) in [4.78, 5) is 57.9. The Labute approximate surface area is 226 Å². The number of Topliss-reactive ketones (excluding diaryl/α,β-unsaturated/α-hetero) is 1. The van der Waals surface area contributed by atoms with Gasteiger partial charge in [-0.3, -0.25) is 14.4 Å². The van der Waals surface area contributed by atoms with Crippen LogP contribution in [0.3, 0.4) is 0 Å². The molecule has 0 bridgehead atoms. The second-order valence-corrected chi connectivity index (χ2v) is 10.7. The number of likely N-dealkylation sites (tertiary alicyclic amines) is 2. The van der Waals surface area contributed by atoms with Crippen LogP contribution in [-0.4, -0.2) is 102 Å². The number of ether oxygens (including phenoxy) is 1. The first-order valence-electron chi connectivity index (χ1n) is 13.0. The summed E-state index contributed by atoms with van der Waals surface area (Å²) in [5, 5.41) is 2.93. The van der Waals surface area contributed by atoms with E-state index < -0.39 is 12.1 Å². The Balaban J connectivity index is 1.29. The SMILES string of the molecule is O=C1CN(C(=O)c2ccccc2)[C@@H]2CCN(C(=O)[C@H](CSCc3ccccc3)NC(=O)N3CCOCC3)C12. The fourth-order valence-corrected chi connectivity index (χ4v) is 6.34. The van der Waals surface area contributed by atoms with E-state index in [1.807, 2.05) is 36.4 Å². The summed E-state index contributed by atoms with van der Waals surface area (Å²) in [6.45, 7) is 2.21. The molecule has 4 amide bonds. The van der Waals surface area contributed by atoms with Gasteiger partial charge >= 0.3 is 6.03 Å². The number of thioether (sulfide) groups is 1. The van der Waals surface area contributed by atoms with Crippen molar-refractivity contribution < 1.29 is 23.9 Å². The number of carbonyl (C=O) groups excluding carboxylic acids is 4. The lowest BCUT2D eigenvalue weighted by atomic mass is 10.1. The Hall–Kier alpha value is -3.37. The third kappa shape index (κ3) is 5.71. The van der Waals surface area contributed by atoms with Crippen molar-refractivity contribution in [1.29, 1.82) is 0 Å². The van der Waals surface area contributed by atoms with Crippen LogP contribution >= 0.6 is 11.8 Å². The number of fused-ring (bicyclic) bond motifs is 1. The quantitative estimate of drug-likeness (QED) is 0.582. The number of amides is 4.